The molecule has 0 unspecified atom stereocenters. The molecule has 0 spiro atoms. The summed E-state index contributed by atoms with van der Waals surface area (Å²) in [5.41, 5.74) is 37.3. The average Bonchev–Trinajstić information content (AvgIpc) is 1.18. The van der Waals surface area contributed by atoms with Crippen molar-refractivity contribution in [3.8, 4) is 67.3 Å². The Morgan fingerprint density at radius 3 is 0.991 bits per heavy atom. The molecule has 10 aromatic carbocycles. The van der Waals surface area contributed by atoms with E-state index in [2.05, 4.69) is 387 Å². The van der Waals surface area contributed by atoms with Gasteiger partial charge >= 0.3 is 0 Å². The van der Waals surface area contributed by atoms with Crippen LogP contribution in [0.15, 0.2) is 188 Å². The van der Waals surface area contributed by atoms with Crippen LogP contribution in [0.3, 0.4) is 0 Å². The predicted octanol–water partition coefficient (Wildman–Crippen LogP) is 25.1. The maximum atomic E-state index is 4.92. The Kier molecular flexibility index (Phi) is 24.2. The van der Waals surface area contributed by atoms with Crippen LogP contribution in [0, 0.1) is 76.2 Å². The summed E-state index contributed by atoms with van der Waals surface area (Å²) < 4.78 is 8.96. The van der Waals surface area contributed by atoms with Crippen LogP contribution in [0.1, 0.15) is 227 Å². The van der Waals surface area contributed by atoms with E-state index in [1.165, 1.54) is 187 Å². The van der Waals surface area contributed by atoms with Gasteiger partial charge in [-0.05, 0) is 284 Å². The molecule has 8 nitrogen and oxygen atoms in total. The first-order valence-electron chi connectivity index (χ1n) is 41.0. The fourth-order valence-electron chi connectivity index (χ4n) is 16.2. The van der Waals surface area contributed by atoms with Gasteiger partial charge in [-0.1, -0.05) is 204 Å². The van der Waals surface area contributed by atoms with Crippen LogP contribution in [-0.2, 0) is 33.6 Å². The van der Waals surface area contributed by atoms with Gasteiger partial charge in [-0.3, -0.25) is 0 Å². The third-order valence-electron chi connectivity index (χ3n) is 24.4. The van der Waals surface area contributed by atoms with E-state index < -0.39 is 0 Å². The number of nitrogens with zero attached hydrogens (tertiary/aromatic N) is 8. The van der Waals surface area contributed by atoms with E-state index in [9.17, 15) is 0 Å². The van der Waals surface area contributed by atoms with Crippen LogP contribution in [-0.4, -0.2) is 19.9 Å². The van der Waals surface area contributed by atoms with Crippen LogP contribution >= 0.6 is 0 Å². The molecule has 0 aliphatic heterocycles. The van der Waals surface area contributed by atoms with Crippen molar-refractivity contribution in [2.24, 2.45) is 28.2 Å². The van der Waals surface area contributed by atoms with Crippen LogP contribution in [0.2, 0.25) is 0 Å². The topological polar surface area (TPSA) is 67.1 Å². The van der Waals surface area contributed by atoms with Crippen LogP contribution in [0.25, 0.3) is 111 Å². The molecule has 0 N–H and O–H groups in total. The van der Waals surface area contributed by atoms with E-state index >= 15 is 0 Å². The van der Waals surface area contributed by atoms with Crippen molar-refractivity contribution < 1.29 is 18.3 Å². The van der Waals surface area contributed by atoms with Crippen molar-refractivity contribution in [3.05, 3.63) is 284 Å². The number of aromatic nitrogens is 8. The second kappa shape index (κ2) is 33.5. The van der Waals surface area contributed by atoms with Gasteiger partial charge in [0.15, 0.2) is 22.1 Å². The quantitative estimate of drug-likeness (QED) is 0.121. The largest absolute Gasteiger partial charge is 0.296 e. The van der Waals surface area contributed by atoms with E-state index in [1.807, 2.05) is 0 Å². The van der Waals surface area contributed by atoms with Gasteiger partial charge in [0.2, 0.25) is 0 Å². The third kappa shape index (κ3) is 16.9. The summed E-state index contributed by atoms with van der Waals surface area (Å²) in [5, 5.41) is 4.88. The van der Waals surface area contributed by atoms with Gasteiger partial charge in [0, 0.05) is 49.9 Å². The smallest absolute Gasteiger partial charge is 0.230 e. The lowest BCUT2D eigenvalue weighted by molar-refractivity contribution is -0.668. The SMILES string of the molecule is Cc1cc(-c2ccccc2)cc(-c2c3ccc(C(C)C)cc3nc(C)[n+]2C)c1C.Cc1cc(C(C)(C)C)cc(-c2c3ccc(C(C)C)cc3nc(C)[n+]2C)c1C.Cc1cc(C2CCCC2)cc(-c2c3ccc(C(C)C)cc3nc(C)[n+]2C)c1C.Cc1ccc(-c2ccccc2)cc1-c1c2ccc(C(C)C)cc2nc(C)[n+]1C. The third-order valence-corrected chi connectivity index (χ3v) is 24.4. The van der Waals surface area contributed by atoms with E-state index in [1.54, 1.807) is 0 Å². The summed E-state index contributed by atoms with van der Waals surface area (Å²) in [6, 6.07) is 69.3. The number of fused-ring (bicyclic) bond motifs is 4. The highest BCUT2D eigenvalue weighted by molar-refractivity contribution is 5.96. The Bertz CT molecular complexity index is 5870. The molecule has 1 aliphatic carbocycles. The van der Waals surface area contributed by atoms with Crippen LogP contribution < -0.4 is 18.3 Å². The number of benzene rings is 10. The molecule has 0 bridgehead atoms. The van der Waals surface area contributed by atoms with E-state index in [-0.39, 0.29) is 5.41 Å². The highest BCUT2D eigenvalue weighted by Gasteiger charge is 2.29. The molecule has 1 aliphatic rings. The van der Waals surface area contributed by atoms with E-state index in [0.29, 0.717) is 23.7 Å². The first-order chi connectivity index (χ1) is 53.2. The number of hydrogen-bond donors (Lipinski definition) is 0. The standard InChI is InChI=1S/C27H29N2.C26H33N2.C26H27N2.C25H33N2/c1-17(2)22-12-13-24-26(16-22)28-20(5)29(6)27(24)25-15-23(14-18(3)19(25)4)21-10-8-7-9-11-21;1-16(2)21-11-12-23-25(15-21)27-19(5)28(6)26(23)24-14-22(13-17(3)18(24)4)20-9-7-8-10-20;1-17(2)21-13-14-23-25(16-21)27-19(4)28(5)26(23)24-15-22(12-11-18(24)3)20-9-7-6-8-10-20;1-15(2)19-10-11-21-23(13-19)26-18(5)27(9)24(21)22-14-20(25(6,7)8)12-16(3)17(22)4/h7-17H,1-6H3;11-16,20H,7-10H2,1-6H3;6-17H,1-5H3;10-15H,1-9H3/q4*+1. The first kappa shape index (κ1) is 81.1. The maximum absolute atomic E-state index is 4.92. The van der Waals surface area contributed by atoms with Crippen molar-refractivity contribution in [1.29, 1.82) is 0 Å². The molecule has 0 amide bonds. The minimum atomic E-state index is 0.120. The molecule has 8 heteroatoms. The molecule has 1 fully saturated rings. The molecule has 574 valence electrons. The Hall–Kier alpha value is -10.4. The molecule has 4 heterocycles. The molecule has 14 aromatic rings. The van der Waals surface area contributed by atoms with Crippen molar-refractivity contribution in [3.63, 3.8) is 0 Å². The number of rotatable bonds is 11. The van der Waals surface area contributed by atoms with Crippen molar-refractivity contribution in [1.82, 2.24) is 19.9 Å². The Morgan fingerprint density at radius 2 is 0.625 bits per heavy atom. The average molecular weight is 1480 g/mol. The lowest BCUT2D eigenvalue weighted by Gasteiger charge is -2.22. The Morgan fingerprint density at radius 1 is 0.304 bits per heavy atom. The van der Waals surface area contributed by atoms with Crippen molar-refractivity contribution in [2.45, 2.75) is 213 Å². The summed E-state index contributed by atoms with van der Waals surface area (Å²) >= 11 is 0. The van der Waals surface area contributed by atoms with Crippen LogP contribution in [0.5, 0.6) is 0 Å². The maximum Gasteiger partial charge on any atom is 0.296 e. The molecule has 0 saturated heterocycles. The number of hydrogen-bond acceptors (Lipinski definition) is 4. The molecular formula is C104H122N8+4. The van der Waals surface area contributed by atoms with Crippen molar-refractivity contribution >= 4 is 43.6 Å². The molecule has 0 atom stereocenters. The molecule has 112 heavy (non-hydrogen) atoms. The van der Waals surface area contributed by atoms with Crippen molar-refractivity contribution in [2.75, 3.05) is 0 Å². The molecule has 4 aromatic heterocycles. The summed E-state index contributed by atoms with van der Waals surface area (Å²) in [5.74, 6) is 6.87. The van der Waals surface area contributed by atoms with Gasteiger partial charge in [-0.25, -0.2) is 18.3 Å². The zero-order chi connectivity index (χ0) is 80.6. The summed E-state index contributed by atoms with van der Waals surface area (Å²) in [4.78, 5) is 19.6. The van der Waals surface area contributed by atoms with Gasteiger partial charge < -0.3 is 0 Å². The van der Waals surface area contributed by atoms with Crippen LogP contribution in [0.4, 0.5) is 0 Å². The lowest BCUT2D eigenvalue weighted by atomic mass is 9.83. The Balaban J connectivity index is 0.000000139. The van der Waals surface area contributed by atoms with Gasteiger partial charge in [0.25, 0.3) is 23.3 Å². The summed E-state index contributed by atoms with van der Waals surface area (Å²) in [6.45, 7) is 48.7. The highest BCUT2D eigenvalue weighted by atomic mass is 15.1. The number of aryl methyl sites for hydroxylation is 8. The normalized spacial score (nSPS) is 12.5. The fourth-order valence-corrected chi connectivity index (χ4v) is 16.2. The Labute approximate surface area is 669 Å². The fraction of sp³-hybridized carbons (Fsp3) is 0.346. The summed E-state index contributed by atoms with van der Waals surface area (Å²) in [6.07, 6.45) is 5.41. The van der Waals surface area contributed by atoms with E-state index in [0.717, 1.165) is 51.3 Å². The monoisotopic (exact) mass is 1480 g/mol. The minimum absolute atomic E-state index is 0.120. The highest BCUT2D eigenvalue weighted by Crippen LogP contribution is 2.42. The molecule has 15 rings (SSSR count). The van der Waals surface area contributed by atoms with Gasteiger partial charge in [-0.2, -0.15) is 0 Å². The van der Waals surface area contributed by atoms with Gasteiger partial charge in [-0.15, -0.1) is 0 Å². The van der Waals surface area contributed by atoms with E-state index in [4.69, 9.17) is 19.9 Å². The second-order valence-corrected chi connectivity index (χ2v) is 34.4. The molecule has 1 saturated carbocycles. The van der Waals surface area contributed by atoms with Gasteiger partial charge in [0.1, 0.15) is 22.8 Å². The lowest BCUT2D eigenvalue weighted by Crippen LogP contribution is -2.36. The summed E-state index contributed by atoms with van der Waals surface area (Å²) in [7, 11) is 8.52. The second-order valence-electron chi connectivity index (χ2n) is 34.4. The first-order valence-corrected chi connectivity index (χ1v) is 41.0. The van der Waals surface area contributed by atoms with Gasteiger partial charge in [0.05, 0.1) is 49.7 Å². The molecule has 0 radical (unpaired) electrons. The molecular weight excluding hydrogens is 1360 g/mol. The zero-order valence-electron chi connectivity index (χ0n) is 72.2. The minimum Gasteiger partial charge on any atom is -0.230 e. The predicted molar refractivity (Wildman–Crippen MR) is 473 cm³/mol. The zero-order valence-corrected chi connectivity index (χ0v) is 72.2.